The number of ether oxygens (including phenoxy) is 1. The summed E-state index contributed by atoms with van der Waals surface area (Å²) >= 11 is 0. The highest BCUT2D eigenvalue weighted by molar-refractivity contribution is 6.10. The Hall–Kier alpha value is -1.89. The number of carbonyl (C=O) groups is 3. The molecule has 0 N–H and O–H groups in total. The average Bonchev–Trinajstić information content (AvgIpc) is 2.41. The maximum atomic E-state index is 12.8. The van der Waals surface area contributed by atoms with Gasteiger partial charge in [-0.25, -0.2) is 4.79 Å². The van der Waals surface area contributed by atoms with Gasteiger partial charge in [-0.1, -0.05) is 25.8 Å². The average molecular weight is 276 g/mol. The molecule has 108 valence electrons. The second-order valence-corrected chi connectivity index (χ2v) is 5.64. The molecule has 0 aliphatic heterocycles. The highest BCUT2D eigenvalue weighted by Gasteiger charge is 2.60. The van der Waals surface area contributed by atoms with E-state index in [0.717, 1.165) is 0 Å². The number of methoxy groups -OCH3 is 1. The van der Waals surface area contributed by atoms with Crippen LogP contribution in [0.4, 0.5) is 0 Å². The van der Waals surface area contributed by atoms with Crippen LogP contribution in [0, 0.1) is 28.6 Å². The second kappa shape index (κ2) is 6.04. The van der Waals surface area contributed by atoms with Gasteiger partial charge in [-0.2, -0.15) is 0 Å². The predicted octanol–water partition coefficient (Wildman–Crippen LogP) is 1.93. The van der Waals surface area contributed by atoms with Crippen molar-refractivity contribution in [2.45, 2.75) is 33.1 Å². The quantitative estimate of drug-likeness (QED) is 0.260. The first-order valence-corrected chi connectivity index (χ1v) is 6.57. The summed E-state index contributed by atoms with van der Waals surface area (Å²) in [7, 11) is 1.23. The minimum atomic E-state index is -1.57. The lowest BCUT2D eigenvalue weighted by atomic mass is 9.54. The fraction of sp³-hybridized carbons (Fsp3) is 0.562. The second-order valence-electron chi connectivity index (χ2n) is 5.64. The van der Waals surface area contributed by atoms with E-state index >= 15 is 0 Å². The largest absolute Gasteiger partial charge is 0.468 e. The third-order valence-corrected chi connectivity index (χ3v) is 4.13. The van der Waals surface area contributed by atoms with Crippen molar-refractivity contribution in [3.8, 4) is 11.8 Å². The first-order chi connectivity index (χ1) is 9.37. The molecule has 0 radical (unpaired) electrons. The first kappa shape index (κ1) is 16.2. The molecule has 1 aliphatic carbocycles. The van der Waals surface area contributed by atoms with Gasteiger partial charge in [0.05, 0.1) is 7.11 Å². The van der Waals surface area contributed by atoms with E-state index in [-0.39, 0.29) is 11.7 Å². The number of carbonyl (C=O) groups excluding carboxylic acids is 3. The minimum Gasteiger partial charge on any atom is -0.468 e. The Bertz CT molecular complexity index is 492. The molecular formula is C16H20O4. The zero-order chi connectivity index (χ0) is 15.4. The molecule has 0 saturated heterocycles. The third-order valence-electron chi connectivity index (χ3n) is 4.13. The topological polar surface area (TPSA) is 60.4 Å². The van der Waals surface area contributed by atoms with Gasteiger partial charge in [0.15, 0.2) is 17.5 Å². The maximum Gasteiger partial charge on any atom is 0.332 e. The van der Waals surface area contributed by atoms with Crippen LogP contribution >= 0.6 is 0 Å². The molecule has 1 rings (SSSR count). The fourth-order valence-corrected chi connectivity index (χ4v) is 2.87. The Labute approximate surface area is 119 Å². The molecule has 0 heterocycles. The molecule has 0 aromatic carbocycles. The molecular weight excluding hydrogens is 256 g/mol. The van der Waals surface area contributed by atoms with Crippen molar-refractivity contribution in [1.82, 2.24) is 0 Å². The summed E-state index contributed by atoms with van der Waals surface area (Å²) in [5.41, 5.74) is -2.25. The summed E-state index contributed by atoms with van der Waals surface area (Å²) in [4.78, 5) is 35.6. The summed E-state index contributed by atoms with van der Waals surface area (Å²) in [5.74, 6) is 3.57. The Kier molecular flexibility index (Phi) is 4.88. The van der Waals surface area contributed by atoms with Gasteiger partial charge in [0.2, 0.25) is 0 Å². The lowest BCUT2D eigenvalue weighted by molar-refractivity contribution is -0.166. The molecule has 0 unspecified atom stereocenters. The molecule has 4 heteroatoms. The van der Waals surface area contributed by atoms with Crippen molar-refractivity contribution in [2.75, 3.05) is 7.11 Å². The van der Waals surface area contributed by atoms with Gasteiger partial charge in [0, 0.05) is 5.92 Å². The van der Waals surface area contributed by atoms with Crippen LogP contribution in [-0.4, -0.2) is 25.1 Å². The van der Waals surface area contributed by atoms with Crippen LogP contribution in [-0.2, 0) is 19.1 Å². The molecule has 20 heavy (non-hydrogen) atoms. The molecule has 0 amide bonds. The predicted molar refractivity (Wildman–Crippen MR) is 74.6 cm³/mol. The SMILES string of the molecule is C=CC[C@@H]1CCC(C)(C)[C@](C#CC=O)(C(=O)OC)C1=O. The van der Waals surface area contributed by atoms with E-state index < -0.39 is 16.8 Å². The van der Waals surface area contributed by atoms with E-state index in [1.165, 1.54) is 7.11 Å². The first-order valence-electron chi connectivity index (χ1n) is 6.57. The molecule has 1 aliphatic rings. The lowest BCUT2D eigenvalue weighted by Crippen LogP contribution is -2.55. The molecule has 0 aromatic heterocycles. The van der Waals surface area contributed by atoms with Gasteiger partial charge in [-0.05, 0) is 30.6 Å². The summed E-state index contributed by atoms with van der Waals surface area (Å²) < 4.78 is 4.82. The Morgan fingerprint density at radius 1 is 1.55 bits per heavy atom. The van der Waals surface area contributed by atoms with Crippen LogP contribution in [0.3, 0.4) is 0 Å². The van der Waals surface area contributed by atoms with Gasteiger partial charge in [-0.3, -0.25) is 9.59 Å². The van der Waals surface area contributed by atoms with Crippen LogP contribution in [0.1, 0.15) is 33.1 Å². The van der Waals surface area contributed by atoms with Crippen molar-refractivity contribution in [3.63, 3.8) is 0 Å². The Morgan fingerprint density at radius 2 is 2.20 bits per heavy atom. The van der Waals surface area contributed by atoms with E-state index in [1.54, 1.807) is 6.08 Å². The number of hydrogen-bond donors (Lipinski definition) is 0. The van der Waals surface area contributed by atoms with E-state index in [2.05, 4.69) is 18.4 Å². The van der Waals surface area contributed by atoms with Crippen LogP contribution in [0.2, 0.25) is 0 Å². The number of Topliss-reactive ketones (excluding diaryl/α,β-unsaturated/α-hetero) is 1. The van der Waals surface area contributed by atoms with E-state index in [9.17, 15) is 14.4 Å². The van der Waals surface area contributed by atoms with Gasteiger partial charge in [-0.15, -0.1) is 6.58 Å². The summed E-state index contributed by atoms with van der Waals surface area (Å²) in [6.45, 7) is 7.26. The molecule has 1 saturated carbocycles. The van der Waals surface area contributed by atoms with Crippen molar-refractivity contribution in [2.24, 2.45) is 16.7 Å². The standard InChI is InChI=1S/C16H20O4/c1-5-7-12-8-10-15(2,3)16(13(12)18,9-6-11-17)14(19)20-4/h5,11-12H,1,7-8,10H2,2-4H3/t12-,16+/m1/s1. The monoisotopic (exact) mass is 276 g/mol. The van der Waals surface area contributed by atoms with Crippen molar-refractivity contribution < 1.29 is 19.1 Å². The third kappa shape index (κ3) is 2.40. The molecule has 2 atom stereocenters. The Morgan fingerprint density at radius 3 is 2.70 bits per heavy atom. The minimum absolute atomic E-state index is 0.269. The van der Waals surface area contributed by atoms with E-state index in [4.69, 9.17) is 4.74 Å². The zero-order valence-electron chi connectivity index (χ0n) is 12.2. The van der Waals surface area contributed by atoms with E-state index in [1.807, 2.05) is 13.8 Å². The van der Waals surface area contributed by atoms with Crippen LogP contribution in [0.5, 0.6) is 0 Å². The van der Waals surface area contributed by atoms with E-state index in [0.29, 0.717) is 25.5 Å². The number of ketones is 1. The molecule has 1 fully saturated rings. The molecule has 0 aromatic rings. The van der Waals surface area contributed by atoms with Crippen molar-refractivity contribution >= 4 is 18.0 Å². The lowest BCUT2D eigenvalue weighted by Gasteiger charge is -2.45. The summed E-state index contributed by atoms with van der Waals surface area (Å²) in [5, 5.41) is 0. The number of esters is 1. The van der Waals surface area contributed by atoms with Crippen LogP contribution < -0.4 is 0 Å². The number of aldehydes is 1. The van der Waals surface area contributed by atoms with Gasteiger partial charge in [0.1, 0.15) is 0 Å². The zero-order valence-corrected chi connectivity index (χ0v) is 12.2. The van der Waals surface area contributed by atoms with Gasteiger partial charge >= 0.3 is 5.97 Å². The van der Waals surface area contributed by atoms with Gasteiger partial charge < -0.3 is 4.74 Å². The summed E-state index contributed by atoms with van der Waals surface area (Å²) in [6.07, 6.45) is 3.89. The van der Waals surface area contributed by atoms with Crippen molar-refractivity contribution in [1.29, 1.82) is 0 Å². The highest BCUT2D eigenvalue weighted by Crippen LogP contribution is 2.51. The number of allylic oxidation sites excluding steroid dienone is 1. The van der Waals surface area contributed by atoms with Crippen LogP contribution in [0.15, 0.2) is 12.7 Å². The van der Waals surface area contributed by atoms with Crippen molar-refractivity contribution in [3.05, 3.63) is 12.7 Å². The van der Waals surface area contributed by atoms with Crippen LogP contribution in [0.25, 0.3) is 0 Å². The molecule has 4 nitrogen and oxygen atoms in total. The maximum absolute atomic E-state index is 12.8. The number of rotatable bonds is 3. The van der Waals surface area contributed by atoms with Gasteiger partial charge in [0.25, 0.3) is 0 Å². The molecule has 0 spiro atoms. The summed E-state index contributed by atoms with van der Waals surface area (Å²) in [6, 6.07) is 0. The molecule has 0 bridgehead atoms. The highest BCUT2D eigenvalue weighted by atomic mass is 16.5. The number of hydrogen-bond acceptors (Lipinski definition) is 4. The normalized spacial score (nSPS) is 27.9. The fourth-order valence-electron chi connectivity index (χ4n) is 2.87. The Balaban J connectivity index is 3.45. The smallest absolute Gasteiger partial charge is 0.332 e.